The Bertz CT molecular complexity index is 953. The molecule has 1 amide bonds. The summed E-state index contributed by atoms with van der Waals surface area (Å²) in [6, 6.07) is 17.3. The van der Waals surface area contributed by atoms with E-state index in [1.807, 2.05) is 83.5 Å². The average molecular weight is 417 g/mol. The number of hydrogen-bond donors (Lipinski definition) is 2. The lowest BCUT2D eigenvalue weighted by molar-refractivity contribution is -0.112. The first-order chi connectivity index (χ1) is 14.8. The number of hydrogen-bond acceptors (Lipinski definition) is 4. The third-order valence-electron chi connectivity index (χ3n) is 4.82. The molecule has 2 aromatic rings. The number of nitrogens with one attached hydrogen (secondary N) is 1. The van der Waals surface area contributed by atoms with Gasteiger partial charge in [-0.2, -0.15) is 0 Å². The van der Waals surface area contributed by atoms with Crippen LogP contribution >= 0.6 is 0 Å². The maximum absolute atomic E-state index is 12.7. The molecule has 3 N–H and O–H groups in total. The lowest BCUT2D eigenvalue weighted by Crippen LogP contribution is -2.36. The first kappa shape index (κ1) is 24.0. The first-order valence-electron chi connectivity index (χ1n) is 10.4. The fourth-order valence-corrected chi connectivity index (χ4v) is 2.90. The van der Waals surface area contributed by atoms with Gasteiger partial charge in [0.15, 0.2) is 0 Å². The predicted octanol–water partition coefficient (Wildman–Crippen LogP) is 1.68. The van der Waals surface area contributed by atoms with E-state index in [4.69, 9.17) is 10.7 Å². The molecular weight excluding hydrogens is 385 g/mol. The first-order valence-corrected chi connectivity index (χ1v) is 10.4. The van der Waals surface area contributed by atoms with Gasteiger partial charge in [0.2, 0.25) is 0 Å². The van der Waals surface area contributed by atoms with Crippen LogP contribution in [0.2, 0.25) is 0 Å². The number of aliphatic imine (C=N–C) groups is 1. The second-order valence-corrected chi connectivity index (χ2v) is 7.53. The minimum Gasteiger partial charge on any atom is -0.394 e. The van der Waals surface area contributed by atoms with Crippen molar-refractivity contribution in [2.24, 2.45) is 10.7 Å². The van der Waals surface area contributed by atoms with Gasteiger partial charge in [-0.15, -0.1) is 0 Å². The SMILES string of the molecule is Bc1ccccc1NC(=O)/C(N)=C/C(=N\C(=C)c1ccccc1)N(CC)CCN(C)C. The summed E-state index contributed by atoms with van der Waals surface area (Å²) < 4.78 is 0. The molecule has 2 rings (SSSR count). The Hall–Kier alpha value is -3.32. The van der Waals surface area contributed by atoms with E-state index in [2.05, 4.69) is 21.7 Å². The highest BCUT2D eigenvalue weighted by Crippen LogP contribution is 2.15. The van der Waals surface area contributed by atoms with Crippen molar-refractivity contribution in [1.29, 1.82) is 0 Å². The van der Waals surface area contributed by atoms with Crippen LogP contribution < -0.4 is 16.5 Å². The molecule has 7 heteroatoms. The van der Waals surface area contributed by atoms with Gasteiger partial charge >= 0.3 is 0 Å². The Morgan fingerprint density at radius 2 is 1.77 bits per heavy atom. The number of nitrogens with zero attached hydrogens (tertiary/aromatic N) is 3. The van der Waals surface area contributed by atoms with Gasteiger partial charge in [-0.3, -0.25) is 4.79 Å². The second kappa shape index (κ2) is 11.8. The smallest absolute Gasteiger partial charge is 0.271 e. The summed E-state index contributed by atoms with van der Waals surface area (Å²) >= 11 is 0. The van der Waals surface area contributed by atoms with Gasteiger partial charge in [0.1, 0.15) is 19.4 Å². The van der Waals surface area contributed by atoms with Gasteiger partial charge in [0, 0.05) is 31.4 Å². The molecule has 0 saturated heterocycles. The van der Waals surface area contributed by atoms with E-state index in [1.54, 1.807) is 6.08 Å². The average Bonchev–Trinajstić information content (AvgIpc) is 2.75. The molecule has 0 aliphatic carbocycles. The third-order valence-corrected chi connectivity index (χ3v) is 4.82. The van der Waals surface area contributed by atoms with E-state index < -0.39 is 0 Å². The van der Waals surface area contributed by atoms with E-state index in [0.717, 1.165) is 36.3 Å². The molecule has 0 atom stereocenters. The molecule has 0 bridgehead atoms. The Morgan fingerprint density at radius 1 is 1.13 bits per heavy atom. The van der Waals surface area contributed by atoms with Crippen LogP contribution in [0.25, 0.3) is 5.70 Å². The third kappa shape index (κ3) is 7.46. The van der Waals surface area contributed by atoms with Crippen molar-refractivity contribution in [3.63, 3.8) is 0 Å². The minimum absolute atomic E-state index is 0.0890. The molecule has 0 spiro atoms. The predicted molar refractivity (Wildman–Crippen MR) is 134 cm³/mol. The van der Waals surface area contributed by atoms with Crippen LogP contribution in [0.4, 0.5) is 5.69 Å². The molecule has 2 aromatic carbocycles. The highest BCUT2D eigenvalue weighted by Gasteiger charge is 2.14. The molecule has 0 heterocycles. The van der Waals surface area contributed by atoms with Crippen molar-refractivity contribution in [3.05, 3.63) is 78.5 Å². The van der Waals surface area contributed by atoms with Crippen LogP contribution in [0.15, 0.2) is 77.9 Å². The summed E-state index contributed by atoms with van der Waals surface area (Å²) in [6.07, 6.45) is 1.63. The van der Waals surface area contributed by atoms with E-state index in [1.165, 1.54) is 0 Å². The number of amidine groups is 1. The molecule has 6 nitrogen and oxygen atoms in total. The number of likely N-dealkylation sites (N-methyl/N-ethyl adjacent to an activating group) is 2. The topological polar surface area (TPSA) is 74.0 Å². The van der Waals surface area contributed by atoms with Crippen LogP contribution in [0.5, 0.6) is 0 Å². The quantitative estimate of drug-likeness (QED) is 0.282. The zero-order chi connectivity index (χ0) is 22.8. The largest absolute Gasteiger partial charge is 0.394 e. The van der Waals surface area contributed by atoms with E-state index in [0.29, 0.717) is 11.5 Å². The number of anilines is 1. The van der Waals surface area contributed by atoms with E-state index >= 15 is 0 Å². The summed E-state index contributed by atoms with van der Waals surface area (Å²) in [5.41, 5.74) is 9.50. The van der Waals surface area contributed by atoms with Crippen molar-refractivity contribution in [2.75, 3.05) is 39.0 Å². The Kier molecular flexibility index (Phi) is 9.09. The second-order valence-electron chi connectivity index (χ2n) is 7.53. The lowest BCUT2D eigenvalue weighted by atomic mass is 9.94. The number of carbonyl (C=O) groups excluding carboxylic acids is 1. The highest BCUT2D eigenvalue weighted by molar-refractivity contribution is 6.36. The van der Waals surface area contributed by atoms with Gasteiger partial charge in [-0.05, 0) is 32.6 Å². The molecule has 0 aliphatic rings. The Labute approximate surface area is 186 Å². The fraction of sp³-hybridized carbons (Fsp3) is 0.250. The van der Waals surface area contributed by atoms with Crippen molar-refractivity contribution in [3.8, 4) is 0 Å². The van der Waals surface area contributed by atoms with Crippen LogP contribution in [0.3, 0.4) is 0 Å². The zero-order valence-corrected chi connectivity index (χ0v) is 18.9. The number of para-hydroxylation sites is 1. The summed E-state index contributed by atoms with van der Waals surface area (Å²) in [4.78, 5) is 21.6. The molecule has 0 radical (unpaired) electrons. The molecule has 0 aliphatic heterocycles. The van der Waals surface area contributed by atoms with E-state index in [9.17, 15) is 4.79 Å². The number of nitrogens with two attached hydrogens (primary N) is 1. The van der Waals surface area contributed by atoms with Crippen molar-refractivity contribution < 1.29 is 4.79 Å². The zero-order valence-electron chi connectivity index (χ0n) is 18.9. The molecule has 0 aromatic heterocycles. The molecule has 0 unspecified atom stereocenters. The van der Waals surface area contributed by atoms with Gasteiger partial charge in [0.05, 0.1) is 5.70 Å². The summed E-state index contributed by atoms with van der Waals surface area (Å²) in [7, 11) is 5.98. The standard InChI is InChI=1S/C24H32BN5O/c1-5-30(16-15-29(3)4)23(27-18(2)19-11-7-6-8-12-19)17-21(26)24(31)28-22-14-10-9-13-20(22)25/h6-14,17H,2,5,15-16,25-26H2,1,3-4H3,(H,28,31)/b21-17-,27-23+. The maximum Gasteiger partial charge on any atom is 0.271 e. The number of carbonyl (C=O) groups is 1. The van der Waals surface area contributed by atoms with Crippen LogP contribution in [0.1, 0.15) is 12.5 Å². The lowest BCUT2D eigenvalue weighted by Gasteiger charge is -2.25. The summed E-state index contributed by atoms with van der Waals surface area (Å²) in [6.45, 7) is 8.47. The number of rotatable bonds is 9. The Morgan fingerprint density at radius 3 is 2.39 bits per heavy atom. The van der Waals surface area contributed by atoms with Crippen molar-refractivity contribution in [2.45, 2.75) is 6.92 Å². The van der Waals surface area contributed by atoms with Gasteiger partial charge in [0.25, 0.3) is 5.91 Å². The van der Waals surface area contributed by atoms with Crippen molar-refractivity contribution >= 4 is 36.4 Å². The van der Waals surface area contributed by atoms with Crippen molar-refractivity contribution in [1.82, 2.24) is 9.80 Å². The number of amides is 1. The molecular formula is C24H32BN5O. The fourth-order valence-electron chi connectivity index (χ4n) is 2.90. The van der Waals surface area contributed by atoms with Gasteiger partial charge in [-0.25, -0.2) is 4.99 Å². The van der Waals surface area contributed by atoms with Gasteiger partial charge in [-0.1, -0.05) is 60.6 Å². The summed E-state index contributed by atoms with van der Waals surface area (Å²) in [5.74, 6) is 0.242. The van der Waals surface area contributed by atoms with E-state index in [-0.39, 0.29) is 11.6 Å². The highest BCUT2D eigenvalue weighted by atomic mass is 16.2. The molecule has 0 saturated carbocycles. The number of benzene rings is 2. The monoisotopic (exact) mass is 417 g/mol. The normalized spacial score (nSPS) is 12.0. The minimum atomic E-state index is -0.365. The molecule has 162 valence electrons. The summed E-state index contributed by atoms with van der Waals surface area (Å²) in [5, 5.41) is 2.87. The van der Waals surface area contributed by atoms with Gasteiger partial charge < -0.3 is 20.9 Å². The van der Waals surface area contributed by atoms with Crippen LogP contribution in [-0.4, -0.2) is 63.1 Å². The van der Waals surface area contributed by atoms with Crippen LogP contribution in [-0.2, 0) is 4.79 Å². The van der Waals surface area contributed by atoms with Crippen LogP contribution in [0, 0.1) is 0 Å². The maximum atomic E-state index is 12.7. The Balaban J connectivity index is 2.33. The molecule has 31 heavy (non-hydrogen) atoms. The molecule has 0 fully saturated rings.